The molecule has 0 aliphatic carbocycles. The molecule has 2 heterocycles. The van der Waals surface area contributed by atoms with Crippen molar-refractivity contribution < 1.29 is 30.0 Å². The maximum Gasteiger partial charge on any atom is 0.155 e. The topological polar surface area (TPSA) is 50.2 Å². The number of carbonyl (C=O) groups is 1. The molecule has 0 saturated heterocycles. The minimum absolute atomic E-state index is 0. The van der Waals surface area contributed by atoms with Gasteiger partial charge in [-0.1, -0.05) is 42.5 Å². The molecule has 2 aromatic heterocycles. The molecule has 0 atom stereocenters. The summed E-state index contributed by atoms with van der Waals surface area (Å²) >= 11 is 1.74. The van der Waals surface area contributed by atoms with Gasteiger partial charge in [-0.2, -0.15) is 0 Å². The minimum Gasteiger partial charge on any atom is -0.512 e. The number of hydrogen-bond donors (Lipinski definition) is 1. The van der Waals surface area contributed by atoms with Crippen molar-refractivity contribution in [3.8, 4) is 10.6 Å². The second-order valence-electron chi connectivity index (χ2n) is 5.84. The Kier molecular flexibility index (Phi) is 7.43. The molecule has 0 bridgehead atoms. The van der Waals surface area contributed by atoms with Crippen LogP contribution in [-0.2, 0) is 24.9 Å². The van der Waals surface area contributed by atoms with E-state index in [4.69, 9.17) is 10.1 Å². The molecule has 2 aromatic carbocycles. The molecule has 139 valence electrons. The molecule has 5 heteroatoms. The Balaban J connectivity index is 0.000000285. The fourth-order valence-electron chi connectivity index (χ4n) is 2.52. The summed E-state index contributed by atoms with van der Waals surface area (Å²) in [7, 11) is 0. The average Bonchev–Trinajstić information content (AvgIpc) is 3.05. The molecule has 1 N–H and O–H groups in total. The third-order valence-electron chi connectivity index (χ3n) is 3.59. The quantitative estimate of drug-likeness (QED) is 0.190. The first-order chi connectivity index (χ1) is 12.5. The molecule has 0 aliphatic heterocycles. The molecular formula is C22H18IrNO2S-. The summed E-state index contributed by atoms with van der Waals surface area (Å²) in [6, 6.07) is 24.1. The Hall–Kier alpha value is -2.33. The van der Waals surface area contributed by atoms with E-state index in [1.807, 2.05) is 24.3 Å². The average molecular weight is 553 g/mol. The summed E-state index contributed by atoms with van der Waals surface area (Å²) in [6.45, 7) is 2.85. The summed E-state index contributed by atoms with van der Waals surface area (Å²) in [5.74, 6) is -0.0625. The number of pyridine rings is 1. The summed E-state index contributed by atoms with van der Waals surface area (Å²) < 4.78 is 1.26. The Morgan fingerprint density at radius 3 is 2.41 bits per heavy atom. The monoisotopic (exact) mass is 553 g/mol. The first kappa shape index (κ1) is 21.0. The van der Waals surface area contributed by atoms with Crippen LogP contribution in [0, 0.1) is 6.07 Å². The normalized spacial score (nSPS) is 10.8. The molecule has 1 radical (unpaired) electrons. The minimum atomic E-state index is -0.125. The van der Waals surface area contributed by atoms with Crippen LogP contribution >= 0.6 is 11.3 Å². The smallest absolute Gasteiger partial charge is 0.155 e. The molecule has 0 amide bonds. The molecule has 0 saturated carbocycles. The number of hydrogen-bond acceptors (Lipinski definition) is 4. The van der Waals surface area contributed by atoms with E-state index < -0.39 is 0 Å². The number of ketones is 1. The second-order valence-corrected chi connectivity index (χ2v) is 6.89. The number of rotatable bonds is 2. The summed E-state index contributed by atoms with van der Waals surface area (Å²) in [4.78, 5) is 15.8. The van der Waals surface area contributed by atoms with Gasteiger partial charge in [-0.3, -0.25) is 9.78 Å². The first-order valence-electron chi connectivity index (χ1n) is 8.18. The van der Waals surface area contributed by atoms with Gasteiger partial charge in [0, 0.05) is 31.9 Å². The number of para-hydroxylation sites is 1. The predicted molar refractivity (Wildman–Crippen MR) is 108 cm³/mol. The van der Waals surface area contributed by atoms with Crippen LogP contribution in [0.5, 0.6) is 0 Å². The van der Waals surface area contributed by atoms with E-state index in [0.717, 1.165) is 21.5 Å². The second kappa shape index (κ2) is 9.56. The van der Waals surface area contributed by atoms with Crippen molar-refractivity contribution in [2.45, 2.75) is 13.8 Å². The molecule has 0 aliphatic rings. The fraction of sp³-hybridized carbons (Fsp3) is 0.0909. The van der Waals surface area contributed by atoms with E-state index in [1.54, 1.807) is 11.3 Å². The van der Waals surface area contributed by atoms with E-state index in [2.05, 4.69) is 42.5 Å². The zero-order valence-electron chi connectivity index (χ0n) is 14.9. The van der Waals surface area contributed by atoms with Crippen LogP contribution in [0.25, 0.3) is 31.6 Å². The Morgan fingerprint density at radius 1 is 1.04 bits per heavy atom. The van der Waals surface area contributed by atoms with Crippen LogP contribution < -0.4 is 0 Å². The van der Waals surface area contributed by atoms with Crippen LogP contribution in [0.2, 0.25) is 0 Å². The van der Waals surface area contributed by atoms with E-state index in [0.29, 0.717) is 0 Å². The number of fused-ring (bicyclic) bond motifs is 2. The van der Waals surface area contributed by atoms with Gasteiger partial charge in [0.05, 0.1) is 11.3 Å². The van der Waals surface area contributed by atoms with E-state index in [9.17, 15) is 4.79 Å². The van der Waals surface area contributed by atoms with Crippen molar-refractivity contribution in [1.82, 2.24) is 4.98 Å². The number of allylic oxidation sites excluding steroid dienone is 2. The largest absolute Gasteiger partial charge is 0.512 e. The third-order valence-corrected chi connectivity index (χ3v) is 4.68. The predicted octanol–water partition coefficient (Wildman–Crippen LogP) is 5.95. The Bertz CT molecular complexity index is 1060. The number of nitrogens with zero attached hydrogens (tertiary/aromatic N) is 1. The fourth-order valence-corrected chi connectivity index (χ4v) is 3.49. The van der Waals surface area contributed by atoms with E-state index in [1.165, 1.54) is 30.0 Å². The van der Waals surface area contributed by atoms with Crippen LogP contribution in [0.4, 0.5) is 0 Å². The van der Waals surface area contributed by atoms with Gasteiger partial charge < -0.3 is 5.11 Å². The summed E-state index contributed by atoms with van der Waals surface area (Å²) in [5.41, 5.74) is 2.03. The van der Waals surface area contributed by atoms with E-state index in [-0.39, 0.29) is 31.6 Å². The van der Waals surface area contributed by atoms with Gasteiger partial charge in [-0.15, -0.1) is 23.6 Å². The molecule has 27 heavy (non-hydrogen) atoms. The van der Waals surface area contributed by atoms with Gasteiger partial charge in [0.1, 0.15) is 0 Å². The summed E-state index contributed by atoms with van der Waals surface area (Å²) in [5, 5.41) is 10.7. The number of aliphatic hydroxyl groups excluding tert-OH is 1. The number of benzene rings is 2. The molecule has 0 spiro atoms. The standard InChI is InChI=1S/C17H10NS.C5H8O2.Ir/c1-3-7-14-12(5-1)9-10-15(18-14)17-11-13-6-2-4-8-16(13)19-17;1-4(6)3-5(2)7;/h1-10H;3,6H,1-2H3;/q-1;;/b;4-3-;. The van der Waals surface area contributed by atoms with Gasteiger partial charge in [-0.05, 0) is 34.9 Å². The van der Waals surface area contributed by atoms with Crippen molar-refractivity contribution in [2.24, 2.45) is 0 Å². The molecular weight excluding hydrogens is 535 g/mol. The molecule has 4 rings (SSSR count). The van der Waals surface area contributed by atoms with Crippen LogP contribution in [-0.4, -0.2) is 15.9 Å². The third kappa shape index (κ3) is 5.57. The first-order valence-corrected chi connectivity index (χ1v) is 8.99. The van der Waals surface area contributed by atoms with Gasteiger partial charge in [0.25, 0.3) is 0 Å². The van der Waals surface area contributed by atoms with Crippen molar-refractivity contribution in [3.63, 3.8) is 0 Å². The van der Waals surface area contributed by atoms with Crippen LogP contribution in [0.1, 0.15) is 13.8 Å². The summed E-state index contributed by atoms with van der Waals surface area (Å²) in [6.07, 6.45) is 1.17. The van der Waals surface area contributed by atoms with Gasteiger partial charge in [0.15, 0.2) is 5.78 Å². The maximum atomic E-state index is 10.0. The molecule has 0 fully saturated rings. The Morgan fingerprint density at radius 2 is 1.74 bits per heavy atom. The molecule has 4 aromatic rings. The van der Waals surface area contributed by atoms with Crippen LogP contribution in [0.3, 0.4) is 0 Å². The SMILES string of the molecule is CC(=O)/C=C(/C)O.[Ir].[c-]1c(-c2ccc3ccccc3n2)sc2ccccc12. The van der Waals surface area contributed by atoms with Gasteiger partial charge in [0.2, 0.25) is 0 Å². The Labute approximate surface area is 175 Å². The van der Waals surface area contributed by atoms with Crippen molar-refractivity contribution >= 4 is 38.1 Å². The van der Waals surface area contributed by atoms with Gasteiger partial charge >= 0.3 is 0 Å². The van der Waals surface area contributed by atoms with Crippen molar-refractivity contribution in [2.75, 3.05) is 0 Å². The van der Waals surface area contributed by atoms with Crippen molar-refractivity contribution in [1.29, 1.82) is 0 Å². The zero-order chi connectivity index (χ0) is 18.5. The van der Waals surface area contributed by atoms with Crippen molar-refractivity contribution in [3.05, 3.63) is 78.6 Å². The van der Waals surface area contributed by atoms with E-state index >= 15 is 0 Å². The number of thiophene rings is 1. The molecule has 0 unspecified atom stereocenters. The van der Waals surface area contributed by atoms with Gasteiger partial charge in [-0.25, -0.2) is 11.3 Å². The number of aromatic nitrogens is 1. The zero-order valence-corrected chi connectivity index (χ0v) is 18.1. The van der Waals surface area contributed by atoms with Crippen LogP contribution in [0.15, 0.2) is 72.5 Å². The number of aliphatic hydroxyl groups is 1. The molecule has 3 nitrogen and oxygen atoms in total. The maximum absolute atomic E-state index is 10.0. The number of carbonyl (C=O) groups excluding carboxylic acids is 1.